The van der Waals surface area contributed by atoms with Crippen molar-refractivity contribution in [3.63, 3.8) is 0 Å². The van der Waals surface area contributed by atoms with E-state index in [0.29, 0.717) is 12.1 Å². The van der Waals surface area contributed by atoms with Crippen molar-refractivity contribution in [2.24, 2.45) is 0 Å². The number of pyridine rings is 1. The summed E-state index contributed by atoms with van der Waals surface area (Å²) in [5.41, 5.74) is -0.203. The monoisotopic (exact) mass is 283 g/mol. The Labute approximate surface area is 111 Å². The van der Waals surface area contributed by atoms with Gasteiger partial charge in [0.1, 0.15) is 16.9 Å². The first kappa shape index (κ1) is 13.2. The Morgan fingerprint density at radius 2 is 1.84 bits per heavy atom. The van der Waals surface area contributed by atoms with Crippen LogP contribution in [0.25, 0.3) is 0 Å². The summed E-state index contributed by atoms with van der Waals surface area (Å²) < 4.78 is 39.2. The molecule has 3 nitrogen and oxygen atoms in total. The minimum atomic E-state index is -1.30. The standard InChI is InChI=1S/C12H5ClF3N3/c13-11-6(5-17)1-2-18-12(11)19-10-4-8(15)7(14)3-9(10)16/h1-4H,(H,18,19). The van der Waals surface area contributed by atoms with Crippen LogP contribution in [-0.2, 0) is 0 Å². The Hall–Kier alpha value is -2.26. The summed E-state index contributed by atoms with van der Waals surface area (Å²) >= 11 is 5.84. The van der Waals surface area contributed by atoms with E-state index in [1.54, 1.807) is 0 Å². The van der Waals surface area contributed by atoms with Crippen molar-refractivity contribution < 1.29 is 13.2 Å². The average molecular weight is 284 g/mol. The second kappa shape index (κ2) is 5.16. The fourth-order valence-corrected chi connectivity index (χ4v) is 1.56. The van der Waals surface area contributed by atoms with Crippen LogP contribution in [0.15, 0.2) is 24.4 Å². The molecule has 0 fully saturated rings. The number of halogens is 4. The maximum atomic E-state index is 13.4. The van der Waals surface area contributed by atoms with Crippen molar-refractivity contribution >= 4 is 23.1 Å². The first-order valence-corrected chi connectivity index (χ1v) is 5.37. The molecule has 0 aliphatic heterocycles. The first-order valence-electron chi connectivity index (χ1n) is 4.99. The molecule has 0 amide bonds. The second-order valence-corrected chi connectivity index (χ2v) is 3.88. The van der Waals surface area contributed by atoms with Crippen LogP contribution >= 0.6 is 11.6 Å². The zero-order valence-corrected chi connectivity index (χ0v) is 9.97. The third-order valence-corrected chi connectivity index (χ3v) is 2.66. The summed E-state index contributed by atoms with van der Waals surface area (Å²) in [4.78, 5) is 3.80. The average Bonchev–Trinajstić information content (AvgIpc) is 2.38. The number of benzene rings is 1. The lowest BCUT2D eigenvalue weighted by Crippen LogP contribution is -2.00. The maximum absolute atomic E-state index is 13.4. The Balaban J connectivity index is 2.43. The van der Waals surface area contributed by atoms with E-state index in [0.717, 1.165) is 0 Å². The summed E-state index contributed by atoms with van der Waals surface area (Å²) in [7, 11) is 0. The molecule has 0 aliphatic carbocycles. The molecule has 19 heavy (non-hydrogen) atoms. The van der Waals surface area contributed by atoms with Gasteiger partial charge in [0.15, 0.2) is 17.5 Å². The molecule has 0 saturated heterocycles. The lowest BCUT2D eigenvalue weighted by molar-refractivity contribution is 0.496. The van der Waals surface area contributed by atoms with Gasteiger partial charge >= 0.3 is 0 Å². The predicted molar refractivity (Wildman–Crippen MR) is 63.6 cm³/mol. The smallest absolute Gasteiger partial charge is 0.161 e. The Kier molecular flexibility index (Phi) is 3.58. The lowest BCUT2D eigenvalue weighted by Gasteiger charge is -2.09. The number of nitrogens with zero attached hydrogens (tertiary/aromatic N) is 2. The molecule has 2 rings (SSSR count). The first-order chi connectivity index (χ1) is 9.02. The third-order valence-electron chi connectivity index (χ3n) is 2.27. The maximum Gasteiger partial charge on any atom is 0.161 e. The van der Waals surface area contributed by atoms with Crippen LogP contribution in [0.4, 0.5) is 24.7 Å². The van der Waals surface area contributed by atoms with E-state index in [-0.39, 0.29) is 22.1 Å². The van der Waals surface area contributed by atoms with Crippen molar-refractivity contribution in [3.05, 3.63) is 52.4 Å². The van der Waals surface area contributed by atoms with Gasteiger partial charge in [-0.2, -0.15) is 5.26 Å². The highest BCUT2D eigenvalue weighted by Crippen LogP contribution is 2.28. The largest absolute Gasteiger partial charge is 0.336 e. The second-order valence-electron chi connectivity index (χ2n) is 3.50. The van der Waals surface area contributed by atoms with Crippen LogP contribution in [0, 0.1) is 28.8 Å². The molecule has 0 bridgehead atoms. The van der Waals surface area contributed by atoms with Crippen LogP contribution in [-0.4, -0.2) is 4.98 Å². The normalized spacial score (nSPS) is 10.1. The number of hydrogen-bond acceptors (Lipinski definition) is 3. The van der Waals surface area contributed by atoms with E-state index in [4.69, 9.17) is 16.9 Å². The van der Waals surface area contributed by atoms with Crippen LogP contribution in [0.3, 0.4) is 0 Å². The molecule has 1 heterocycles. The summed E-state index contributed by atoms with van der Waals surface area (Å²) in [5.74, 6) is -3.53. The Morgan fingerprint density at radius 3 is 2.53 bits per heavy atom. The molecular formula is C12H5ClF3N3. The summed E-state index contributed by atoms with van der Waals surface area (Å²) in [6, 6.07) is 4.23. The molecule has 1 aromatic carbocycles. The highest BCUT2D eigenvalue weighted by molar-refractivity contribution is 6.34. The minimum absolute atomic E-state index is 0.0226. The fourth-order valence-electron chi connectivity index (χ4n) is 1.36. The molecule has 7 heteroatoms. The SMILES string of the molecule is N#Cc1ccnc(Nc2cc(F)c(F)cc2F)c1Cl. The van der Waals surface area contributed by atoms with Gasteiger partial charge in [0.05, 0.1) is 11.3 Å². The summed E-state index contributed by atoms with van der Waals surface area (Å²) in [5, 5.41) is 11.1. The van der Waals surface area contributed by atoms with Gasteiger partial charge in [-0.25, -0.2) is 18.2 Å². The van der Waals surface area contributed by atoms with E-state index >= 15 is 0 Å². The van der Waals surface area contributed by atoms with Gasteiger partial charge in [-0.1, -0.05) is 11.6 Å². The molecule has 0 atom stereocenters. The van der Waals surface area contributed by atoms with Crippen LogP contribution in [0.2, 0.25) is 5.02 Å². The minimum Gasteiger partial charge on any atom is -0.336 e. The molecule has 1 N–H and O–H groups in total. The van der Waals surface area contributed by atoms with Gasteiger partial charge in [0.2, 0.25) is 0 Å². The fraction of sp³-hybridized carbons (Fsp3) is 0. The Morgan fingerprint density at radius 1 is 1.16 bits per heavy atom. The van der Waals surface area contributed by atoms with Crippen molar-refractivity contribution in [2.75, 3.05) is 5.32 Å². The van der Waals surface area contributed by atoms with Gasteiger partial charge in [-0.05, 0) is 6.07 Å². The number of nitriles is 1. The highest BCUT2D eigenvalue weighted by atomic mass is 35.5. The zero-order valence-electron chi connectivity index (χ0n) is 9.22. The number of hydrogen-bond donors (Lipinski definition) is 1. The lowest BCUT2D eigenvalue weighted by atomic mass is 10.2. The quantitative estimate of drug-likeness (QED) is 0.854. The molecular weight excluding hydrogens is 279 g/mol. The van der Waals surface area contributed by atoms with E-state index in [1.165, 1.54) is 12.3 Å². The van der Waals surface area contributed by atoms with E-state index < -0.39 is 17.5 Å². The van der Waals surface area contributed by atoms with Gasteiger partial charge in [-0.15, -0.1) is 0 Å². The number of nitrogens with one attached hydrogen (secondary N) is 1. The van der Waals surface area contributed by atoms with Crippen LogP contribution in [0.5, 0.6) is 0 Å². The third kappa shape index (κ3) is 2.61. The zero-order chi connectivity index (χ0) is 14.0. The highest BCUT2D eigenvalue weighted by Gasteiger charge is 2.13. The molecule has 2 aromatic rings. The topological polar surface area (TPSA) is 48.7 Å². The van der Waals surface area contributed by atoms with Crippen molar-refractivity contribution in [2.45, 2.75) is 0 Å². The van der Waals surface area contributed by atoms with E-state index in [9.17, 15) is 13.2 Å². The molecule has 0 aliphatic rings. The van der Waals surface area contributed by atoms with Gasteiger partial charge < -0.3 is 5.32 Å². The molecule has 0 unspecified atom stereocenters. The van der Waals surface area contributed by atoms with Gasteiger partial charge in [0.25, 0.3) is 0 Å². The summed E-state index contributed by atoms with van der Waals surface area (Å²) in [6.45, 7) is 0. The van der Waals surface area contributed by atoms with Crippen LogP contribution in [0.1, 0.15) is 5.56 Å². The molecule has 0 saturated carbocycles. The van der Waals surface area contributed by atoms with Gasteiger partial charge in [0, 0.05) is 18.3 Å². The number of rotatable bonds is 2. The number of aromatic nitrogens is 1. The van der Waals surface area contributed by atoms with Crippen molar-refractivity contribution in [3.8, 4) is 6.07 Å². The van der Waals surface area contributed by atoms with E-state index in [1.807, 2.05) is 6.07 Å². The molecule has 96 valence electrons. The Bertz CT molecular complexity index is 683. The van der Waals surface area contributed by atoms with Crippen LogP contribution < -0.4 is 5.32 Å². The van der Waals surface area contributed by atoms with E-state index in [2.05, 4.69) is 10.3 Å². The summed E-state index contributed by atoms with van der Waals surface area (Å²) in [6.07, 6.45) is 1.28. The van der Waals surface area contributed by atoms with Gasteiger partial charge in [-0.3, -0.25) is 0 Å². The molecule has 1 aromatic heterocycles. The molecule has 0 radical (unpaired) electrons. The van der Waals surface area contributed by atoms with Crippen molar-refractivity contribution in [1.82, 2.24) is 4.98 Å². The molecule has 0 spiro atoms. The van der Waals surface area contributed by atoms with Crippen molar-refractivity contribution in [1.29, 1.82) is 5.26 Å². The number of anilines is 2. The predicted octanol–water partition coefficient (Wildman–Crippen LogP) is 3.77.